The number of fused-ring (bicyclic) bond motifs is 1. The number of aromatic nitrogens is 2. The summed E-state index contributed by atoms with van der Waals surface area (Å²) in [7, 11) is 0. The second kappa shape index (κ2) is 10.6. The number of hydrogen-bond acceptors (Lipinski definition) is 1. The maximum atomic E-state index is 4.32. The fraction of sp³-hybridized carbons (Fsp3) is 0.381. The van der Waals surface area contributed by atoms with E-state index in [4.69, 9.17) is 0 Å². The molecule has 1 aliphatic heterocycles. The average Bonchev–Trinajstić information content (AvgIpc) is 3.13. The molecule has 1 N–H and O–H groups in total. The van der Waals surface area contributed by atoms with Crippen molar-refractivity contribution < 1.29 is 0 Å². The Morgan fingerprint density at radius 1 is 0.826 bits per heavy atom. The van der Waals surface area contributed by atoms with Gasteiger partial charge in [-0.3, -0.25) is 0 Å². The minimum absolute atomic E-state index is 1.02. The molecule has 1 aliphatic carbocycles. The molecule has 2 nitrogen and oxygen atoms in total. The number of nitrogens with zero attached hydrogens (tertiary/aromatic N) is 1. The topological polar surface area (TPSA) is 28.7 Å². The van der Waals surface area contributed by atoms with E-state index in [1.807, 2.05) is 27.7 Å². The first-order chi connectivity index (χ1) is 11.4. The van der Waals surface area contributed by atoms with Gasteiger partial charge in [-0.2, -0.15) is 0 Å². The summed E-state index contributed by atoms with van der Waals surface area (Å²) in [5.74, 6) is 0. The standard InChI is InChI=1S/C17H18N2.2C2H6/c1-2-13-6-8-14(9-7-13)10-11-17-15-4-3-5-16(15)18-12-19-17;2*1-2/h3-9,12H,2,10-11H2,1H3,(H,18,19);2*1-2H3. The summed E-state index contributed by atoms with van der Waals surface area (Å²) >= 11 is 0. The normalized spacial score (nSPS) is 9.61. The van der Waals surface area contributed by atoms with Crippen LogP contribution in [0.4, 0.5) is 0 Å². The summed E-state index contributed by atoms with van der Waals surface area (Å²) in [6, 6.07) is 15.2. The molecular weight excluding hydrogens is 280 g/mol. The Balaban J connectivity index is 0.000000615. The predicted octanol–water partition coefficient (Wildman–Crippen LogP) is 5.91. The summed E-state index contributed by atoms with van der Waals surface area (Å²) in [6.45, 7) is 10.2. The molecule has 0 radical (unpaired) electrons. The Morgan fingerprint density at radius 3 is 2.13 bits per heavy atom. The molecule has 124 valence electrons. The summed E-state index contributed by atoms with van der Waals surface area (Å²) < 4.78 is 0. The van der Waals surface area contributed by atoms with Crippen LogP contribution < -0.4 is 0 Å². The van der Waals surface area contributed by atoms with E-state index < -0.39 is 0 Å². The van der Waals surface area contributed by atoms with E-state index >= 15 is 0 Å². The van der Waals surface area contributed by atoms with Crippen LogP contribution in [-0.4, -0.2) is 9.97 Å². The van der Waals surface area contributed by atoms with Gasteiger partial charge >= 0.3 is 0 Å². The van der Waals surface area contributed by atoms with Crippen molar-refractivity contribution in [2.45, 2.75) is 53.9 Å². The van der Waals surface area contributed by atoms with Gasteiger partial charge in [0.2, 0.25) is 0 Å². The predicted molar refractivity (Wildman–Crippen MR) is 101 cm³/mol. The highest BCUT2D eigenvalue weighted by atomic mass is 14.8. The second-order valence-electron chi connectivity index (χ2n) is 4.88. The van der Waals surface area contributed by atoms with Gasteiger partial charge in [0.1, 0.15) is 0 Å². The van der Waals surface area contributed by atoms with Crippen LogP contribution in [0.15, 0.2) is 48.8 Å². The van der Waals surface area contributed by atoms with Crippen LogP contribution in [0.5, 0.6) is 0 Å². The quantitative estimate of drug-likeness (QED) is 0.637. The van der Waals surface area contributed by atoms with Gasteiger partial charge in [-0.05, 0) is 36.5 Å². The minimum Gasteiger partial charge on any atom is -0.349 e. The number of aryl methyl sites for hydroxylation is 3. The van der Waals surface area contributed by atoms with Gasteiger partial charge in [0.25, 0.3) is 0 Å². The molecule has 0 aromatic heterocycles. The second-order valence-corrected chi connectivity index (χ2v) is 4.88. The van der Waals surface area contributed by atoms with E-state index in [9.17, 15) is 0 Å². The molecule has 0 saturated heterocycles. The van der Waals surface area contributed by atoms with E-state index in [1.165, 1.54) is 22.4 Å². The third-order valence-electron chi connectivity index (χ3n) is 3.66. The summed E-state index contributed by atoms with van der Waals surface area (Å²) in [6.07, 6.45) is 4.98. The fourth-order valence-corrected chi connectivity index (χ4v) is 2.45. The van der Waals surface area contributed by atoms with Crippen molar-refractivity contribution in [2.75, 3.05) is 0 Å². The number of H-pyrrole nitrogens is 1. The molecule has 0 saturated carbocycles. The van der Waals surface area contributed by atoms with Crippen LogP contribution in [0.25, 0.3) is 11.3 Å². The van der Waals surface area contributed by atoms with Crippen molar-refractivity contribution in [3.8, 4) is 11.3 Å². The van der Waals surface area contributed by atoms with Gasteiger partial charge < -0.3 is 4.98 Å². The zero-order chi connectivity index (χ0) is 17.1. The van der Waals surface area contributed by atoms with Crippen LogP contribution in [0.1, 0.15) is 51.4 Å². The molecule has 0 spiro atoms. The Kier molecular flexibility index (Phi) is 8.74. The Hall–Kier alpha value is -2.09. The van der Waals surface area contributed by atoms with Gasteiger partial charge in [-0.25, -0.2) is 4.98 Å². The molecule has 0 unspecified atom stereocenters. The zero-order valence-corrected chi connectivity index (χ0v) is 15.2. The first kappa shape index (κ1) is 19.0. The number of aromatic amines is 1. The maximum Gasteiger partial charge on any atom is 0.0928 e. The molecule has 0 amide bonds. The minimum atomic E-state index is 1.02. The maximum absolute atomic E-state index is 4.32. The van der Waals surface area contributed by atoms with Crippen LogP contribution in [0, 0.1) is 0 Å². The molecular formula is C21H30N2. The molecule has 2 heteroatoms. The lowest BCUT2D eigenvalue weighted by Gasteiger charge is -2.08. The molecule has 2 aliphatic rings. The number of benzene rings is 1. The lowest BCUT2D eigenvalue weighted by molar-refractivity contribution is 0.902. The van der Waals surface area contributed by atoms with Crippen molar-refractivity contribution in [1.29, 1.82) is 0 Å². The highest BCUT2D eigenvalue weighted by Gasteiger charge is 2.08. The molecule has 1 aromatic rings. The van der Waals surface area contributed by atoms with Gasteiger partial charge in [0, 0.05) is 11.3 Å². The summed E-state index contributed by atoms with van der Waals surface area (Å²) in [5.41, 5.74) is 6.39. The fourth-order valence-electron chi connectivity index (χ4n) is 2.45. The van der Waals surface area contributed by atoms with Crippen LogP contribution in [-0.2, 0) is 19.3 Å². The molecule has 0 fully saturated rings. The van der Waals surface area contributed by atoms with E-state index in [2.05, 4.69) is 59.4 Å². The first-order valence-corrected chi connectivity index (χ1v) is 8.85. The van der Waals surface area contributed by atoms with Gasteiger partial charge in [0.05, 0.1) is 12.0 Å². The van der Waals surface area contributed by atoms with E-state index in [0.717, 1.165) is 25.0 Å². The largest absolute Gasteiger partial charge is 0.349 e. The average molecular weight is 310 g/mol. The van der Waals surface area contributed by atoms with Crippen molar-refractivity contribution in [2.24, 2.45) is 0 Å². The number of nitrogens with one attached hydrogen (secondary N) is 1. The molecule has 23 heavy (non-hydrogen) atoms. The molecule has 0 bridgehead atoms. The summed E-state index contributed by atoms with van der Waals surface area (Å²) in [5, 5.41) is 0. The Labute approximate surface area is 141 Å². The van der Waals surface area contributed by atoms with Gasteiger partial charge in [0.15, 0.2) is 0 Å². The highest BCUT2D eigenvalue weighted by molar-refractivity contribution is 5.64. The zero-order valence-electron chi connectivity index (χ0n) is 15.2. The summed E-state index contributed by atoms with van der Waals surface area (Å²) in [4.78, 5) is 7.60. The number of rotatable bonds is 4. The third-order valence-corrected chi connectivity index (χ3v) is 3.66. The lowest BCUT2D eigenvalue weighted by atomic mass is 10.0. The molecule has 3 rings (SSSR count). The van der Waals surface area contributed by atoms with Gasteiger partial charge in [-0.1, -0.05) is 71.0 Å². The molecule has 1 heterocycles. The van der Waals surface area contributed by atoms with Crippen molar-refractivity contribution in [1.82, 2.24) is 9.97 Å². The van der Waals surface area contributed by atoms with Crippen LogP contribution >= 0.6 is 0 Å². The number of hydrogen-bond donors (Lipinski definition) is 1. The van der Waals surface area contributed by atoms with Crippen molar-refractivity contribution in [3.05, 3.63) is 65.6 Å². The van der Waals surface area contributed by atoms with Crippen LogP contribution in [0.2, 0.25) is 0 Å². The van der Waals surface area contributed by atoms with Crippen molar-refractivity contribution in [3.63, 3.8) is 0 Å². The Morgan fingerprint density at radius 2 is 1.48 bits per heavy atom. The smallest absolute Gasteiger partial charge is 0.0928 e. The highest BCUT2D eigenvalue weighted by Crippen LogP contribution is 2.23. The monoisotopic (exact) mass is 310 g/mol. The molecule has 1 aromatic carbocycles. The lowest BCUT2D eigenvalue weighted by Crippen LogP contribution is -1.98. The third kappa shape index (κ3) is 5.24. The van der Waals surface area contributed by atoms with Crippen LogP contribution in [0.3, 0.4) is 0 Å². The van der Waals surface area contributed by atoms with E-state index in [1.54, 1.807) is 6.33 Å². The SMILES string of the molecule is CC.CC.CCc1ccc(CCc2[nH]cnc3cccc2-3)cc1. The van der Waals surface area contributed by atoms with E-state index in [0.29, 0.717) is 0 Å². The molecule has 0 atom stereocenters. The Bertz CT molecular complexity index is 623. The first-order valence-electron chi connectivity index (χ1n) is 8.85. The van der Waals surface area contributed by atoms with E-state index in [-0.39, 0.29) is 0 Å². The van der Waals surface area contributed by atoms with Gasteiger partial charge in [-0.15, -0.1) is 0 Å². The van der Waals surface area contributed by atoms with Crippen molar-refractivity contribution >= 4 is 0 Å².